The topological polar surface area (TPSA) is 96.0 Å². The van der Waals surface area contributed by atoms with Crippen molar-refractivity contribution in [3.05, 3.63) is 21.9 Å². The molecule has 0 unspecified atom stereocenters. The Morgan fingerprint density at radius 2 is 2.17 bits per heavy atom. The van der Waals surface area contributed by atoms with E-state index in [9.17, 15) is 14.9 Å². The van der Waals surface area contributed by atoms with Crippen molar-refractivity contribution in [3.8, 4) is 6.07 Å². The highest BCUT2D eigenvalue weighted by molar-refractivity contribution is 8.03. The average molecular weight is 265 g/mol. The van der Waals surface area contributed by atoms with E-state index in [2.05, 4.69) is 11.4 Å². The van der Waals surface area contributed by atoms with Gasteiger partial charge in [0.2, 0.25) is 5.91 Å². The summed E-state index contributed by atoms with van der Waals surface area (Å²) in [6.07, 6.45) is 0. The van der Waals surface area contributed by atoms with Crippen LogP contribution in [0.4, 0.5) is 0 Å². The fourth-order valence-electron chi connectivity index (χ4n) is 1.94. The molecule has 0 spiro atoms. The van der Waals surface area contributed by atoms with Crippen LogP contribution >= 0.6 is 11.8 Å². The number of nitrogens with one attached hydrogen (secondary N) is 1. The number of thioether (sulfide) groups is 1. The van der Waals surface area contributed by atoms with Crippen molar-refractivity contribution in [1.29, 1.82) is 5.26 Å². The lowest BCUT2D eigenvalue weighted by atomic mass is 9.88. The monoisotopic (exact) mass is 265 g/mol. The number of ketones is 1. The van der Waals surface area contributed by atoms with Crippen LogP contribution in [0.2, 0.25) is 0 Å². The largest absolute Gasteiger partial charge is 0.369 e. The van der Waals surface area contributed by atoms with Crippen molar-refractivity contribution in [3.63, 3.8) is 0 Å². The van der Waals surface area contributed by atoms with Crippen molar-refractivity contribution >= 4 is 23.5 Å². The number of nitrogens with two attached hydrogens (primary N) is 1. The summed E-state index contributed by atoms with van der Waals surface area (Å²) in [6.45, 7) is 5.07. The van der Waals surface area contributed by atoms with Gasteiger partial charge in [-0.2, -0.15) is 5.26 Å². The molecule has 1 amide bonds. The molecule has 1 aliphatic rings. The lowest BCUT2D eigenvalue weighted by Crippen LogP contribution is -2.27. The van der Waals surface area contributed by atoms with E-state index in [1.165, 1.54) is 18.7 Å². The summed E-state index contributed by atoms with van der Waals surface area (Å²) in [4.78, 5) is 22.3. The van der Waals surface area contributed by atoms with Gasteiger partial charge in [0, 0.05) is 17.2 Å². The summed E-state index contributed by atoms with van der Waals surface area (Å²) in [5.74, 6) is -0.662. The molecule has 0 aromatic rings. The van der Waals surface area contributed by atoms with Crippen LogP contribution in [0.15, 0.2) is 21.9 Å². The number of dihydropyridines is 1. The molecule has 0 aliphatic carbocycles. The molecule has 96 valence electrons. The van der Waals surface area contributed by atoms with Crippen LogP contribution in [0, 0.1) is 17.2 Å². The Kier molecular flexibility index (Phi) is 4.56. The fourth-order valence-corrected chi connectivity index (χ4v) is 2.83. The first-order valence-electron chi connectivity index (χ1n) is 5.42. The van der Waals surface area contributed by atoms with Crippen LogP contribution in [-0.4, -0.2) is 17.4 Å². The van der Waals surface area contributed by atoms with E-state index in [0.29, 0.717) is 16.2 Å². The third kappa shape index (κ3) is 2.93. The minimum Gasteiger partial charge on any atom is -0.369 e. The molecule has 0 saturated carbocycles. The minimum atomic E-state index is -0.446. The highest BCUT2D eigenvalue weighted by Crippen LogP contribution is 2.33. The number of primary amides is 1. The molecule has 6 heteroatoms. The predicted octanol–water partition coefficient (Wildman–Crippen LogP) is 1.04. The third-order valence-corrected chi connectivity index (χ3v) is 3.71. The molecule has 1 heterocycles. The number of carbonyl (C=O) groups excluding carboxylic acids is 2. The van der Waals surface area contributed by atoms with Gasteiger partial charge in [0.25, 0.3) is 0 Å². The highest BCUT2D eigenvalue weighted by Gasteiger charge is 2.28. The van der Waals surface area contributed by atoms with Crippen molar-refractivity contribution < 1.29 is 9.59 Å². The van der Waals surface area contributed by atoms with E-state index >= 15 is 0 Å². The Hall–Kier alpha value is -1.74. The number of rotatable bonds is 4. The van der Waals surface area contributed by atoms with Crippen LogP contribution in [0.1, 0.15) is 20.8 Å². The highest BCUT2D eigenvalue weighted by atomic mass is 32.2. The second kappa shape index (κ2) is 5.74. The summed E-state index contributed by atoms with van der Waals surface area (Å²) in [7, 11) is 0. The van der Waals surface area contributed by atoms with Crippen molar-refractivity contribution in [2.24, 2.45) is 11.7 Å². The van der Waals surface area contributed by atoms with Crippen LogP contribution in [-0.2, 0) is 9.59 Å². The van der Waals surface area contributed by atoms with Gasteiger partial charge in [-0.1, -0.05) is 18.7 Å². The number of hydrogen-bond donors (Lipinski definition) is 2. The van der Waals surface area contributed by atoms with Gasteiger partial charge in [-0.15, -0.1) is 0 Å². The number of carbonyl (C=O) groups is 2. The molecule has 0 aromatic heterocycles. The molecular formula is C12H15N3O2S. The minimum absolute atomic E-state index is 0.0563. The molecule has 5 nitrogen and oxygen atoms in total. The molecular weight excluding hydrogens is 250 g/mol. The number of allylic oxidation sites excluding steroid dienone is 3. The molecule has 1 rings (SSSR count). The quantitative estimate of drug-likeness (QED) is 0.791. The Morgan fingerprint density at radius 3 is 2.61 bits per heavy atom. The van der Waals surface area contributed by atoms with Crippen molar-refractivity contribution in [2.45, 2.75) is 20.8 Å². The fraction of sp³-hybridized carbons (Fsp3) is 0.417. The van der Waals surface area contributed by atoms with Gasteiger partial charge >= 0.3 is 0 Å². The smallest absolute Gasteiger partial charge is 0.227 e. The van der Waals surface area contributed by atoms with Crippen LogP contribution in [0.3, 0.4) is 0 Å². The molecule has 0 saturated heterocycles. The van der Waals surface area contributed by atoms with Crippen molar-refractivity contribution in [2.75, 3.05) is 5.75 Å². The van der Waals surface area contributed by atoms with Gasteiger partial charge in [0.1, 0.15) is 0 Å². The zero-order valence-electron chi connectivity index (χ0n) is 10.5. The first-order chi connectivity index (χ1) is 8.38. The first kappa shape index (κ1) is 14.3. The second-order valence-electron chi connectivity index (χ2n) is 4.05. The lowest BCUT2D eigenvalue weighted by molar-refractivity contribution is -0.116. The van der Waals surface area contributed by atoms with E-state index in [4.69, 9.17) is 5.73 Å². The molecule has 0 bridgehead atoms. The van der Waals surface area contributed by atoms with Gasteiger partial charge in [-0.05, 0) is 13.8 Å². The van der Waals surface area contributed by atoms with Crippen LogP contribution in [0.5, 0.6) is 0 Å². The van der Waals surface area contributed by atoms with E-state index in [1.807, 2.05) is 6.92 Å². The standard InChI is InChI=1S/C12H15N3O2S/c1-6-9(4-13)12(18-5-10(14)17)15-7(2)11(6)8(3)16/h6,15H,5H2,1-3H3,(H2,14,17)/t6-/m1/s1. The molecule has 1 atom stereocenters. The third-order valence-electron chi connectivity index (χ3n) is 2.67. The average Bonchev–Trinajstić information content (AvgIpc) is 2.25. The van der Waals surface area contributed by atoms with Gasteiger partial charge < -0.3 is 11.1 Å². The molecule has 0 fully saturated rings. The van der Waals surface area contributed by atoms with Crippen LogP contribution < -0.4 is 11.1 Å². The summed E-state index contributed by atoms with van der Waals surface area (Å²) < 4.78 is 0. The second-order valence-corrected chi connectivity index (χ2v) is 5.04. The summed E-state index contributed by atoms with van der Waals surface area (Å²) in [5.41, 5.74) is 6.88. The van der Waals surface area contributed by atoms with Gasteiger partial charge in [-0.3, -0.25) is 9.59 Å². The number of hydrogen-bond acceptors (Lipinski definition) is 5. The maximum absolute atomic E-state index is 11.5. The first-order valence-corrected chi connectivity index (χ1v) is 6.41. The summed E-state index contributed by atoms with van der Waals surface area (Å²) in [6, 6.07) is 2.09. The normalized spacial score (nSPS) is 19.3. The van der Waals surface area contributed by atoms with Gasteiger partial charge in [-0.25, -0.2) is 0 Å². The zero-order chi connectivity index (χ0) is 13.9. The van der Waals surface area contributed by atoms with Gasteiger partial charge in [0.15, 0.2) is 5.78 Å². The molecule has 3 N–H and O–H groups in total. The van der Waals surface area contributed by atoms with Crippen molar-refractivity contribution in [1.82, 2.24) is 5.32 Å². The number of Topliss-reactive ketones (excluding diaryl/α,β-unsaturated/α-hetero) is 1. The molecule has 0 aromatic carbocycles. The number of nitriles is 1. The zero-order valence-corrected chi connectivity index (χ0v) is 11.4. The SMILES string of the molecule is CC(=O)C1=C(C)NC(SCC(N)=O)=C(C#N)[C@H]1C. The molecule has 18 heavy (non-hydrogen) atoms. The Labute approximate surface area is 110 Å². The Morgan fingerprint density at radius 1 is 1.56 bits per heavy atom. The Bertz CT molecular complexity index is 500. The maximum atomic E-state index is 11.5. The summed E-state index contributed by atoms with van der Waals surface area (Å²) >= 11 is 1.19. The van der Waals surface area contributed by atoms with E-state index in [1.54, 1.807) is 6.92 Å². The van der Waals surface area contributed by atoms with E-state index in [-0.39, 0.29) is 17.5 Å². The number of amides is 1. The predicted molar refractivity (Wildman–Crippen MR) is 70.0 cm³/mol. The van der Waals surface area contributed by atoms with E-state index in [0.717, 1.165) is 5.70 Å². The number of nitrogens with zero attached hydrogens (tertiary/aromatic N) is 1. The lowest BCUT2D eigenvalue weighted by Gasteiger charge is -2.26. The van der Waals surface area contributed by atoms with Gasteiger partial charge in [0.05, 0.1) is 22.4 Å². The van der Waals surface area contributed by atoms with E-state index < -0.39 is 5.91 Å². The molecule has 1 aliphatic heterocycles. The van der Waals surface area contributed by atoms with Crippen LogP contribution in [0.25, 0.3) is 0 Å². The summed E-state index contributed by atoms with van der Waals surface area (Å²) in [5, 5.41) is 12.8. The maximum Gasteiger partial charge on any atom is 0.227 e. The molecule has 0 radical (unpaired) electrons. The Balaban J connectivity index is 3.06.